The topological polar surface area (TPSA) is 51.0 Å². The van der Waals surface area contributed by atoms with Crippen LogP contribution in [0.3, 0.4) is 0 Å². The Balaban J connectivity index is 1.43. The lowest BCUT2D eigenvalue weighted by Crippen LogP contribution is -2.40. The van der Waals surface area contributed by atoms with E-state index < -0.39 is 0 Å². The summed E-state index contributed by atoms with van der Waals surface area (Å²) in [5.74, 6) is 1.84. The van der Waals surface area contributed by atoms with Crippen molar-refractivity contribution < 1.29 is 4.79 Å². The summed E-state index contributed by atoms with van der Waals surface area (Å²) < 4.78 is 2.00. The Labute approximate surface area is 136 Å². The molecule has 120 valence electrons. The summed E-state index contributed by atoms with van der Waals surface area (Å²) in [6, 6.07) is 8.39. The normalized spacial score (nSPS) is 21.4. The molecule has 1 fully saturated rings. The Kier molecular flexibility index (Phi) is 3.63. The van der Waals surface area contributed by atoms with E-state index in [0.717, 1.165) is 44.6 Å². The standard InChI is InChI=1S/C18H22N4O/c1-21-12-19-20-17(21)14-8-10-22(11-9-14)18(23)16-7-6-13-4-2-3-5-15(13)16/h2-5,12,14,16H,6-11H2,1H3/t16-/m0/s1. The Morgan fingerprint density at radius 1 is 1.17 bits per heavy atom. The van der Waals surface area contributed by atoms with Crippen LogP contribution in [0, 0.1) is 0 Å². The first-order valence-electron chi connectivity index (χ1n) is 8.44. The summed E-state index contributed by atoms with van der Waals surface area (Å²) in [6.45, 7) is 1.66. The minimum absolute atomic E-state index is 0.0672. The molecule has 1 amide bonds. The van der Waals surface area contributed by atoms with Crippen molar-refractivity contribution in [3.05, 3.63) is 47.5 Å². The second-order valence-corrected chi connectivity index (χ2v) is 6.69. The molecule has 1 atom stereocenters. The van der Waals surface area contributed by atoms with Gasteiger partial charge < -0.3 is 9.47 Å². The molecule has 5 nitrogen and oxygen atoms in total. The minimum atomic E-state index is 0.0672. The highest BCUT2D eigenvalue weighted by molar-refractivity contribution is 5.85. The van der Waals surface area contributed by atoms with Crippen LogP contribution in [0.2, 0.25) is 0 Å². The Bertz CT molecular complexity index is 715. The van der Waals surface area contributed by atoms with E-state index in [-0.39, 0.29) is 5.92 Å². The fourth-order valence-corrected chi connectivity index (χ4v) is 4.05. The van der Waals surface area contributed by atoms with E-state index in [4.69, 9.17) is 0 Å². The van der Waals surface area contributed by atoms with Gasteiger partial charge >= 0.3 is 0 Å². The van der Waals surface area contributed by atoms with E-state index in [9.17, 15) is 4.79 Å². The zero-order valence-electron chi connectivity index (χ0n) is 13.5. The first kappa shape index (κ1) is 14.4. The average molecular weight is 310 g/mol. The number of rotatable bonds is 2. The third kappa shape index (κ3) is 2.54. The van der Waals surface area contributed by atoms with Gasteiger partial charge in [-0.3, -0.25) is 4.79 Å². The van der Waals surface area contributed by atoms with Crippen LogP contribution in [-0.4, -0.2) is 38.7 Å². The molecular formula is C18H22N4O. The highest BCUT2D eigenvalue weighted by Gasteiger charge is 2.34. The molecule has 0 radical (unpaired) electrons. The highest BCUT2D eigenvalue weighted by Crippen LogP contribution is 2.35. The summed E-state index contributed by atoms with van der Waals surface area (Å²) in [4.78, 5) is 15.0. The maximum absolute atomic E-state index is 12.9. The van der Waals surface area contributed by atoms with E-state index in [2.05, 4.69) is 33.3 Å². The van der Waals surface area contributed by atoms with Gasteiger partial charge in [0.25, 0.3) is 0 Å². The molecule has 2 heterocycles. The lowest BCUT2D eigenvalue weighted by atomic mass is 9.93. The van der Waals surface area contributed by atoms with Crippen molar-refractivity contribution in [1.82, 2.24) is 19.7 Å². The zero-order chi connectivity index (χ0) is 15.8. The lowest BCUT2D eigenvalue weighted by Gasteiger charge is -2.33. The fourth-order valence-electron chi connectivity index (χ4n) is 4.05. The van der Waals surface area contributed by atoms with Gasteiger partial charge in [0.15, 0.2) is 0 Å². The van der Waals surface area contributed by atoms with Crippen molar-refractivity contribution in [2.75, 3.05) is 13.1 Å². The van der Waals surface area contributed by atoms with Crippen molar-refractivity contribution in [3.63, 3.8) is 0 Å². The number of fused-ring (bicyclic) bond motifs is 1. The number of carbonyl (C=O) groups excluding carboxylic acids is 1. The molecule has 23 heavy (non-hydrogen) atoms. The van der Waals surface area contributed by atoms with Crippen LogP contribution in [0.15, 0.2) is 30.6 Å². The van der Waals surface area contributed by atoms with Crippen molar-refractivity contribution in [2.24, 2.45) is 7.05 Å². The highest BCUT2D eigenvalue weighted by atomic mass is 16.2. The zero-order valence-corrected chi connectivity index (χ0v) is 13.5. The van der Waals surface area contributed by atoms with Crippen molar-refractivity contribution >= 4 is 5.91 Å². The molecule has 2 aromatic rings. The molecule has 1 aliphatic carbocycles. The molecule has 1 aliphatic heterocycles. The van der Waals surface area contributed by atoms with Gasteiger partial charge in [0, 0.05) is 26.1 Å². The molecule has 5 heteroatoms. The molecule has 1 aromatic heterocycles. The van der Waals surface area contributed by atoms with E-state index in [1.165, 1.54) is 11.1 Å². The van der Waals surface area contributed by atoms with Gasteiger partial charge in [-0.25, -0.2) is 0 Å². The quantitative estimate of drug-likeness (QED) is 0.855. The first-order valence-corrected chi connectivity index (χ1v) is 8.44. The van der Waals surface area contributed by atoms with Crippen LogP contribution in [0.4, 0.5) is 0 Å². The number of benzene rings is 1. The molecule has 0 N–H and O–H groups in total. The molecule has 1 saturated heterocycles. The number of aromatic nitrogens is 3. The van der Waals surface area contributed by atoms with Crippen molar-refractivity contribution in [1.29, 1.82) is 0 Å². The summed E-state index contributed by atoms with van der Waals surface area (Å²) in [7, 11) is 1.99. The Morgan fingerprint density at radius 2 is 1.96 bits per heavy atom. The van der Waals surface area contributed by atoms with Crippen LogP contribution < -0.4 is 0 Å². The molecule has 2 aliphatic rings. The number of nitrogens with zero attached hydrogens (tertiary/aromatic N) is 4. The van der Waals surface area contributed by atoms with Gasteiger partial charge in [-0.1, -0.05) is 24.3 Å². The number of hydrogen-bond acceptors (Lipinski definition) is 3. The number of aryl methyl sites for hydroxylation is 2. The summed E-state index contributed by atoms with van der Waals surface area (Å²) >= 11 is 0. The van der Waals surface area contributed by atoms with Crippen LogP contribution in [0.1, 0.15) is 48.0 Å². The van der Waals surface area contributed by atoms with Gasteiger partial charge in [0.1, 0.15) is 12.2 Å². The smallest absolute Gasteiger partial charge is 0.230 e. The molecule has 0 unspecified atom stereocenters. The van der Waals surface area contributed by atoms with Crippen LogP contribution in [0.5, 0.6) is 0 Å². The van der Waals surface area contributed by atoms with E-state index >= 15 is 0 Å². The molecule has 4 rings (SSSR count). The molecule has 1 aromatic carbocycles. The largest absolute Gasteiger partial charge is 0.342 e. The van der Waals surface area contributed by atoms with Gasteiger partial charge in [0.2, 0.25) is 5.91 Å². The summed E-state index contributed by atoms with van der Waals surface area (Å²) in [5.41, 5.74) is 2.59. The number of piperidine rings is 1. The fraction of sp³-hybridized carbons (Fsp3) is 0.500. The second-order valence-electron chi connectivity index (χ2n) is 6.69. The van der Waals surface area contributed by atoms with Crippen LogP contribution in [0.25, 0.3) is 0 Å². The monoisotopic (exact) mass is 310 g/mol. The maximum atomic E-state index is 12.9. The third-order valence-corrected chi connectivity index (χ3v) is 5.35. The minimum Gasteiger partial charge on any atom is -0.342 e. The van der Waals surface area contributed by atoms with Gasteiger partial charge in [-0.05, 0) is 36.8 Å². The van der Waals surface area contributed by atoms with E-state index in [1.807, 2.05) is 17.7 Å². The third-order valence-electron chi connectivity index (χ3n) is 5.35. The number of hydrogen-bond donors (Lipinski definition) is 0. The Hall–Kier alpha value is -2.17. The SMILES string of the molecule is Cn1cnnc1C1CCN(C(=O)[C@H]2CCc3ccccc32)CC1. The number of likely N-dealkylation sites (tertiary alicyclic amines) is 1. The lowest BCUT2D eigenvalue weighted by molar-refractivity contribution is -0.133. The van der Waals surface area contributed by atoms with Crippen molar-refractivity contribution in [2.45, 2.75) is 37.5 Å². The number of amides is 1. The van der Waals surface area contributed by atoms with Gasteiger partial charge in [0.05, 0.1) is 5.92 Å². The maximum Gasteiger partial charge on any atom is 0.230 e. The van der Waals surface area contributed by atoms with Crippen LogP contribution >= 0.6 is 0 Å². The molecule has 0 bridgehead atoms. The van der Waals surface area contributed by atoms with Crippen LogP contribution in [-0.2, 0) is 18.3 Å². The molecule has 0 spiro atoms. The number of carbonyl (C=O) groups is 1. The second kappa shape index (κ2) is 5.80. The van der Waals surface area contributed by atoms with Gasteiger partial charge in [-0.2, -0.15) is 0 Å². The summed E-state index contributed by atoms with van der Waals surface area (Å²) in [6.07, 6.45) is 5.70. The molecule has 0 saturated carbocycles. The van der Waals surface area contributed by atoms with Gasteiger partial charge in [-0.15, -0.1) is 10.2 Å². The predicted octanol–water partition coefficient (Wildman–Crippen LogP) is 2.25. The van der Waals surface area contributed by atoms with Crippen molar-refractivity contribution in [3.8, 4) is 0 Å². The predicted molar refractivity (Wildman–Crippen MR) is 87.1 cm³/mol. The average Bonchev–Trinajstić information content (AvgIpc) is 3.20. The van der Waals surface area contributed by atoms with E-state index in [1.54, 1.807) is 6.33 Å². The summed E-state index contributed by atoms with van der Waals surface area (Å²) in [5, 5.41) is 8.20. The van der Waals surface area contributed by atoms with E-state index in [0.29, 0.717) is 11.8 Å². The molecular weight excluding hydrogens is 288 g/mol. The first-order chi connectivity index (χ1) is 11.2. The Morgan fingerprint density at radius 3 is 2.70 bits per heavy atom.